The van der Waals surface area contributed by atoms with E-state index in [9.17, 15) is 4.79 Å². The minimum atomic E-state index is -0.156. The molecular weight excluding hydrogens is 383 g/mol. The molecule has 0 saturated carbocycles. The first-order chi connectivity index (χ1) is 10.2. The maximum absolute atomic E-state index is 11.4. The molecule has 0 fully saturated rings. The number of hydrogen-bond acceptors (Lipinski definition) is 1. The average Bonchev–Trinajstić information content (AvgIpc) is 2.52. The summed E-state index contributed by atoms with van der Waals surface area (Å²) in [4.78, 5) is 11.4. The summed E-state index contributed by atoms with van der Waals surface area (Å²) in [6.07, 6.45) is 0.859. The van der Waals surface area contributed by atoms with Crippen LogP contribution in [0.4, 0.5) is 0 Å². The maximum atomic E-state index is 11.4. The van der Waals surface area contributed by atoms with Gasteiger partial charge in [0.1, 0.15) is 5.78 Å². The molecule has 2 aromatic rings. The maximum Gasteiger partial charge on any atom is 0.358 e. The van der Waals surface area contributed by atoms with Crippen LogP contribution in [0.25, 0.3) is 0 Å². The fraction of sp³-hybridized carbons (Fsp3) is 0.300. The monoisotopic (exact) mass is 410 g/mol. The van der Waals surface area contributed by atoms with E-state index in [1.54, 1.807) is 6.92 Å². The van der Waals surface area contributed by atoms with E-state index in [1.807, 2.05) is 20.8 Å². The van der Waals surface area contributed by atoms with Gasteiger partial charge in [-0.15, -0.1) is 0 Å². The average molecular weight is 410 g/mol. The Morgan fingerprint density at radius 2 is 1.55 bits per heavy atom. The van der Waals surface area contributed by atoms with Gasteiger partial charge in [0.15, 0.2) is 7.14 Å². The Labute approximate surface area is 146 Å². The molecule has 1 nitrogen and oxygen atoms in total. The molecule has 1 atom stereocenters. The van der Waals surface area contributed by atoms with Crippen molar-refractivity contribution >= 4 is 5.78 Å². The van der Waals surface area contributed by atoms with Gasteiger partial charge in [-0.05, 0) is 31.5 Å². The van der Waals surface area contributed by atoms with Crippen LogP contribution in [0.2, 0.25) is 0 Å². The molecule has 0 aliphatic rings. The van der Waals surface area contributed by atoms with Crippen LogP contribution < -0.4 is 21.2 Å². The minimum Gasteiger partial charge on any atom is -0.358 e. The molecule has 120 valence electrons. The third-order valence-electron chi connectivity index (χ3n) is 3.12. The number of ketones is 1. The lowest BCUT2D eigenvalue weighted by molar-refractivity contribution is -0.598. The van der Waals surface area contributed by atoms with Crippen molar-refractivity contribution < 1.29 is 26.0 Å². The molecule has 0 radical (unpaired) electrons. The van der Waals surface area contributed by atoms with Crippen molar-refractivity contribution in [2.24, 2.45) is 5.92 Å². The third-order valence-corrected chi connectivity index (χ3v) is 6.10. The Balaban J connectivity index is 0.00000141. The fourth-order valence-electron chi connectivity index (χ4n) is 1.82. The summed E-state index contributed by atoms with van der Waals surface area (Å²) in [6, 6.07) is 19.2. The molecule has 0 amide bonds. The van der Waals surface area contributed by atoms with Crippen LogP contribution in [0, 0.1) is 20.5 Å². The molecule has 0 aliphatic heterocycles. The molecule has 0 aliphatic carbocycles. The molecule has 2 rings (SSSR count). The van der Waals surface area contributed by atoms with Gasteiger partial charge in [0.25, 0.3) is 0 Å². The summed E-state index contributed by atoms with van der Waals surface area (Å²) in [5, 5.41) is 0. The van der Waals surface area contributed by atoms with E-state index >= 15 is 0 Å². The highest BCUT2D eigenvalue weighted by Crippen LogP contribution is 2.09. The summed E-state index contributed by atoms with van der Waals surface area (Å²) in [5.74, 6) is 0.383. The number of halogens is 1. The number of Topliss-reactive ketones (excluding diaryl/α,β-unsaturated/α-hetero) is 1. The first-order valence-electron chi connectivity index (χ1n) is 7.45. The fourth-order valence-corrected chi connectivity index (χ4v) is 4.40. The number of carbonyl (C=O) groups excluding carboxylic acids is 1. The summed E-state index contributed by atoms with van der Waals surface area (Å²) in [5.41, 5.74) is 1.34. The van der Waals surface area contributed by atoms with Crippen molar-refractivity contribution in [3.05, 3.63) is 74.7 Å². The molecular formula is C20H27IO. The Hall–Kier alpha value is -1.16. The lowest BCUT2D eigenvalue weighted by atomic mass is 9.98. The van der Waals surface area contributed by atoms with Crippen LogP contribution >= 0.6 is 0 Å². The highest BCUT2D eigenvalue weighted by atomic mass is 127. The van der Waals surface area contributed by atoms with Gasteiger partial charge in [-0.2, -0.15) is 0 Å². The molecule has 22 heavy (non-hydrogen) atoms. The molecule has 0 saturated heterocycles. The second-order valence-electron chi connectivity index (χ2n) is 4.70. The number of benzene rings is 2. The molecule has 0 spiro atoms. The van der Waals surface area contributed by atoms with Gasteiger partial charge in [0.2, 0.25) is 0 Å². The van der Waals surface area contributed by atoms with Gasteiger partial charge in [-0.1, -0.05) is 57.2 Å². The minimum absolute atomic E-state index is 0. The van der Waals surface area contributed by atoms with Gasteiger partial charge in [-0.3, -0.25) is 4.79 Å². The molecule has 0 N–H and O–H groups in total. The van der Waals surface area contributed by atoms with Crippen molar-refractivity contribution in [2.45, 2.75) is 34.1 Å². The third kappa shape index (κ3) is 6.73. The molecule has 0 aromatic heterocycles. The highest BCUT2D eigenvalue weighted by molar-refractivity contribution is 5.78. The van der Waals surface area contributed by atoms with Gasteiger partial charge < -0.3 is 7.43 Å². The Morgan fingerprint density at radius 1 is 1.00 bits per heavy atom. The van der Waals surface area contributed by atoms with E-state index in [2.05, 4.69) is 54.6 Å². The van der Waals surface area contributed by atoms with Crippen molar-refractivity contribution in [1.29, 1.82) is 0 Å². The first-order valence-corrected chi connectivity index (χ1v) is 9.61. The Kier molecular flexibility index (Phi) is 10.8. The summed E-state index contributed by atoms with van der Waals surface area (Å²) < 4.78 is 2.85. The van der Waals surface area contributed by atoms with Crippen molar-refractivity contribution in [3.63, 3.8) is 0 Å². The summed E-state index contributed by atoms with van der Waals surface area (Å²) >= 11 is -0.156. The highest BCUT2D eigenvalue weighted by Gasteiger charge is 2.21. The molecule has 0 unspecified atom stereocenters. The quantitative estimate of drug-likeness (QED) is 0.545. The van der Waals surface area contributed by atoms with E-state index in [0.717, 1.165) is 6.42 Å². The Bertz CT molecular complexity index is 549. The number of rotatable bonds is 5. The zero-order chi connectivity index (χ0) is 15.7. The van der Waals surface area contributed by atoms with Crippen molar-refractivity contribution in [3.8, 4) is 0 Å². The van der Waals surface area contributed by atoms with Crippen molar-refractivity contribution in [2.75, 3.05) is 0 Å². The molecule has 2 heteroatoms. The molecule has 0 heterocycles. The second-order valence-corrected chi connectivity index (χ2v) is 7.64. The van der Waals surface area contributed by atoms with Crippen LogP contribution in [-0.4, -0.2) is 5.78 Å². The van der Waals surface area contributed by atoms with Gasteiger partial charge in [-0.25, -0.2) is 0 Å². The van der Waals surface area contributed by atoms with Gasteiger partial charge in [0, 0.05) is 11.5 Å². The lowest BCUT2D eigenvalue weighted by Gasteiger charge is -2.07. The normalized spacial score (nSPS) is 10.7. The number of carbonyl (C=O) groups is 1. The lowest BCUT2D eigenvalue weighted by Crippen LogP contribution is -3.61. The molecule has 2 aromatic carbocycles. The van der Waals surface area contributed by atoms with E-state index < -0.39 is 0 Å². The standard InChI is InChI=1S/C17H18IO.C2H6.CH3/c1-13(14(2)19)12-15-8-6-7-11-17(15)18-16-9-4-3-5-10-16;1-2;/h3-11,13H,12H2,1-2H3;1-2H3;1H3/q+1;;-1/t13-;;/m0../s1. The topological polar surface area (TPSA) is 17.1 Å². The summed E-state index contributed by atoms with van der Waals surface area (Å²) in [6.45, 7) is 7.69. The van der Waals surface area contributed by atoms with Crippen LogP contribution in [0.1, 0.15) is 33.3 Å². The van der Waals surface area contributed by atoms with Crippen LogP contribution in [0.3, 0.4) is 0 Å². The summed E-state index contributed by atoms with van der Waals surface area (Å²) in [7, 11) is 0. The van der Waals surface area contributed by atoms with Gasteiger partial charge in [0.05, 0.1) is 0 Å². The van der Waals surface area contributed by atoms with Crippen molar-refractivity contribution in [1.82, 2.24) is 0 Å². The largest absolute Gasteiger partial charge is 0.358 e. The SMILES string of the molecule is CC.CC(=O)[C@@H](C)Cc1ccccc1[I+]c1ccccc1.[CH3-]. The van der Waals surface area contributed by atoms with E-state index in [0.29, 0.717) is 0 Å². The zero-order valence-corrected chi connectivity index (χ0v) is 16.4. The van der Waals surface area contributed by atoms with E-state index in [1.165, 1.54) is 12.7 Å². The van der Waals surface area contributed by atoms with Crippen LogP contribution in [0.5, 0.6) is 0 Å². The second kappa shape index (κ2) is 11.4. The van der Waals surface area contributed by atoms with Crippen LogP contribution in [-0.2, 0) is 11.2 Å². The van der Waals surface area contributed by atoms with E-state index in [-0.39, 0.29) is 40.3 Å². The Morgan fingerprint density at radius 3 is 2.14 bits per heavy atom. The first kappa shape index (κ1) is 20.8. The van der Waals surface area contributed by atoms with E-state index in [4.69, 9.17) is 0 Å². The van der Waals surface area contributed by atoms with Gasteiger partial charge >= 0.3 is 21.2 Å². The molecule has 0 bridgehead atoms. The predicted octanol–water partition coefficient (Wildman–Crippen LogP) is 2.06. The number of hydrogen-bond donors (Lipinski definition) is 0. The smallest absolute Gasteiger partial charge is 0.358 e. The zero-order valence-electron chi connectivity index (χ0n) is 14.3. The van der Waals surface area contributed by atoms with Crippen LogP contribution in [0.15, 0.2) is 54.6 Å². The predicted molar refractivity (Wildman–Crippen MR) is 91.6 cm³/mol.